The van der Waals surface area contributed by atoms with E-state index in [2.05, 4.69) is 15.9 Å². The first kappa shape index (κ1) is 16.5. The number of benzene rings is 1. The maximum Gasteiger partial charge on any atom is 0.247 e. The van der Waals surface area contributed by atoms with E-state index in [4.69, 9.17) is 0 Å². The minimum atomic E-state index is -4.00. The highest BCUT2D eigenvalue weighted by molar-refractivity contribution is 9.10. The Balaban J connectivity index is 3.36. The number of sulfonamides is 1. The molecule has 0 aliphatic heterocycles. The van der Waals surface area contributed by atoms with E-state index in [1.807, 2.05) is 13.8 Å². The molecule has 0 atom stereocenters. The van der Waals surface area contributed by atoms with E-state index < -0.39 is 26.6 Å². The first-order chi connectivity index (χ1) is 8.75. The lowest BCUT2D eigenvalue weighted by molar-refractivity contribution is 0.347. The Labute approximate surface area is 120 Å². The molecule has 3 nitrogen and oxygen atoms in total. The molecule has 0 radical (unpaired) electrons. The van der Waals surface area contributed by atoms with Crippen LogP contribution in [0.1, 0.15) is 26.7 Å². The molecule has 0 fully saturated rings. The SMILES string of the molecule is CCC(CC)N(C)S(=O)(=O)c1c(F)cc(F)cc1Br. The van der Waals surface area contributed by atoms with Crippen LogP contribution in [0, 0.1) is 11.6 Å². The zero-order valence-electron chi connectivity index (χ0n) is 11.0. The smallest absolute Gasteiger partial charge is 0.207 e. The van der Waals surface area contributed by atoms with Crippen molar-refractivity contribution in [1.82, 2.24) is 4.31 Å². The largest absolute Gasteiger partial charge is 0.247 e. The average Bonchev–Trinajstić information content (AvgIpc) is 2.28. The summed E-state index contributed by atoms with van der Waals surface area (Å²) in [6, 6.07) is 1.29. The van der Waals surface area contributed by atoms with Crippen molar-refractivity contribution in [3.63, 3.8) is 0 Å². The van der Waals surface area contributed by atoms with Crippen molar-refractivity contribution in [3.05, 3.63) is 28.2 Å². The third-order valence-electron chi connectivity index (χ3n) is 3.06. The van der Waals surface area contributed by atoms with E-state index in [0.29, 0.717) is 18.9 Å². The minimum Gasteiger partial charge on any atom is -0.207 e. The fraction of sp³-hybridized carbons (Fsp3) is 0.500. The van der Waals surface area contributed by atoms with Crippen molar-refractivity contribution >= 4 is 26.0 Å². The van der Waals surface area contributed by atoms with Gasteiger partial charge in [0.2, 0.25) is 10.0 Å². The minimum absolute atomic E-state index is 0.109. The lowest BCUT2D eigenvalue weighted by Gasteiger charge is -2.26. The van der Waals surface area contributed by atoms with Gasteiger partial charge in [-0.3, -0.25) is 0 Å². The van der Waals surface area contributed by atoms with Gasteiger partial charge in [-0.2, -0.15) is 4.31 Å². The first-order valence-electron chi connectivity index (χ1n) is 5.88. The molecule has 0 aromatic heterocycles. The molecule has 0 saturated carbocycles. The van der Waals surface area contributed by atoms with Crippen LogP contribution in [-0.2, 0) is 10.0 Å². The fourth-order valence-corrected chi connectivity index (χ4v) is 4.53. The third kappa shape index (κ3) is 3.32. The van der Waals surface area contributed by atoms with Gasteiger partial charge in [0, 0.05) is 23.6 Å². The summed E-state index contributed by atoms with van der Waals surface area (Å²) in [5, 5.41) is 0. The van der Waals surface area contributed by atoms with Gasteiger partial charge in [-0.1, -0.05) is 13.8 Å². The van der Waals surface area contributed by atoms with Gasteiger partial charge < -0.3 is 0 Å². The molecule has 1 aromatic carbocycles. The molecule has 0 amide bonds. The van der Waals surface area contributed by atoms with Gasteiger partial charge in [0.05, 0.1) is 0 Å². The molecule has 0 unspecified atom stereocenters. The van der Waals surface area contributed by atoms with Crippen LogP contribution in [0.5, 0.6) is 0 Å². The molecule has 0 aliphatic carbocycles. The van der Waals surface area contributed by atoms with E-state index in [0.717, 1.165) is 10.4 Å². The fourth-order valence-electron chi connectivity index (χ4n) is 1.92. The molecule has 7 heteroatoms. The maximum absolute atomic E-state index is 13.8. The van der Waals surface area contributed by atoms with E-state index >= 15 is 0 Å². The second-order valence-corrected chi connectivity index (χ2v) is 6.98. The Morgan fingerprint density at radius 1 is 1.26 bits per heavy atom. The van der Waals surface area contributed by atoms with Gasteiger partial charge in [0.15, 0.2) is 0 Å². The molecule has 0 heterocycles. The van der Waals surface area contributed by atoms with Crippen molar-refractivity contribution in [3.8, 4) is 0 Å². The molecule has 0 saturated heterocycles. The Bertz CT molecular complexity index is 536. The van der Waals surface area contributed by atoms with Crippen molar-refractivity contribution in [2.24, 2.45) is 0 Å². The van der Waals surface area contributed by atoms with Gasteiger partial charge >= 0.3 is 0 Å². The molecule has 19 heavy (non-hydrogen) atoms. The van der Waals surface area contributed by atoms with E-state index in [9.17, 15) is 17.2 Å². The van der Waals surface area contributed by atoms with Crippen molar-refractivity contribution < 1.29 is 17.2 Å². The van der Waals surface area contributed by atoms with E-state index in [1.165, 1.54) is 7.05 Å². The topological polar surface area (TPSA) is 37.4 Å². The summed E-state index contributed by atoms with van der Waals surface area (Å²) < 4.78 is 52.6. The molecule has 0 spiro atoms. The first-order valence-corrected chi connectivity index (χ1v) is 8.11. The molecule has 0 N–H and O–H groups in total. The van der Waals surface area contributed by atoms with Gasteiger partial charge in [0.1, 0.15) is 16.5 Å². The molecule has 1 rings (SSSR count). The third-order valence-corrected chi connectivity index (χ3v) is 5.93. The highest BCUT2D eigenvalue weighted by Gasteiger charge is 2.31. The Hall–Kier alpha value is -0.530. The predicted octanol–water partition coefficient (Wildman–Crippen LogP) is 3.54. The lowest BCUT2D eigenvalue weighted by Crippen LogP contribution is -2.36. The number of nitrogens with zero attached hydrogens (tertiary/aromatic N) is 1. The van der Waals surface area contributed by atoms with Crippen LogP contribution in [0.25, 0.3) is 0 Å². The quantitative estimate of drug-likeness (QED) is 0.809. The molecule has 108 valence electrons. The molecular formula is C12H16BrF2NO2S. The van der Waals surface area contributed by atoms with Crippen LogP contribution in [0.2, 0.25) is 0 Å². The summed E-state index contributed by atoms with van der Waals surface area (Å²) in [4.78, 5) is -0.525. The molecule has 0 bridgehead atoms. The van der Waals surface area contributed by atoms with Crippen LogP contribution in [0.3, 0.4) is 0 Å². The summed E-state index contributed by atoms with van der Waals surface area (Å²) in [6.45, 7) is 3.71. The van der Waals surface area contributed by atoms with Crippen LogP contribution in [-0.4, -0.2) is 25.8 Å². The lowest BCUT2D eigenvalue weighted by atomic mass is 10.2. The Kier molecular flexibility index (Phi) is 5.46. The Morgan fingerprint density at radius 2 is 1.79 bits per heavy atom. The summed E-state index contributed by atoms with van der Waals surface area (Å²) in [5.74, 6) is -1.92. The standard InChI is InChI=1S/C12H16BrF2NO2S/c1-4-9(5-2)16(3)19(17,18)12-10(13)6-8(14)7-11(12)15/h6-7,9H,4-5H2,1-3H3. The van der Waals surface area contributed by atoms with Crippen LogP contribution in [0.4, 0.5) is 8.78 Å². The second-order valence-electron chi connectivity index (χ2n) is 4.19. The highest BCUT2D eigenvalue weighted by atomic mass is 79.9. The van der Waals surface area contributed by atoms with Gasteiger partial charge in [-0.15, -0.1) is 0 Å². The van der Waals surface area contributed by atoms with Crippen molar-refractivity contribution in [1.29, 1.82) is 0 Å². The van der Waals surface area contributed by atoms with Gasteiger partial charge in [0.25, 0.3) is 0 Å². The monoisotopic (exact) mass is 355 g/mol. The second kappa shape index (κ2) is 6.28. The summed E-state index contributed by atoms with van der Waals surface area (Å²) in [7, 11) is -2.59. The van der Waals surface area contributed by atoms with Crippen molar-refractivity contribution in [2.45, 2.75) is 37.6 Å². The number of hydrogen-bond donors (Lipinski definition) is 0. The van der Waals surface area contributed by atoms with Crippen molar-refractivity contribution in [2.75, 3.05) is 7.05 Å². The predicted molar refractivity (Wildman–Crippen MR) is 73.4 cm³/mol. The van der Waals surface area contributed by atoms with Gasteiger partial charge in [-0.05, 0) is 34.8 Å². The summed E-state index contributed by atoms with van der Waals surface area (Å²) >= 11 is 2.91. The molecule has 0 aliphatic rings. The Morgan fingerprint density at radius 3 is 2.21 bits per heavy atom. The van der Waals surface area contributed by atoms with Crippen LogP contribution >= 0.6 is 15.9 Å². The van der Waals surface area contributed by atoms with E-state index in [-0.39, 0.29) is 10.5 Å². The zero-order valence-corrected chi connectivity index (χ0v) is 13.4. The number of hydrogen-bond acceptors (Lipinski definition) is 2. The zero-order chi connectivity index (χ0) is 14.8. The van der Waals surface area contributed by atoms with Crippen LogP contribution < -0.4 is 0 Å². The van der Waals surface area contributed by atoms with Gasteiger partial charge in [-0.25, -0.2) is 17.2 Å². The normalized spacial score (nSPS) is 12.4. The molecular weight excluding hydrogens is 340 g/mol. The summed E-state index contributed by atoms with van der Waals surface area (Å²) in [5.41, 5.74) is 0. The maximum atomic E-state index is 13.8. The number of halogens is 3. The molecule has 1 aromatic rings. The number of rotatable bonds is 5. The average molecular weight is 356 g/mol. The highest BCUT2D eigenvalue weighted by Crippen LogP contribution is 2.30. The summed E-state index contributed by atoms with van der Waals surface area (Å²) in [6.07, 6.45) is 1.24. The van der Waals surface area contributed by atoms with Crippen LogP contribution in [0.15, 0.2) is 21.5 Å². The van der Waals surface area contributed by atoms with E-state index in [1.54, 1.807) is 0 Å².